The van der Waals surface area contributed by atoms with Crippen LogP contribution in [0.5, 0.6) is 5.75 Å². The molecule has 144 valence electrons. The molecule has 3 aromatic carbocycles. The minimum atomic E-state index is -0.316. The van der Waals surface area contributed by atoms with Gasteiger partial charge in [0.2, 0.25) is 0 Å². The number of ether oxygens (including phenoxy) is 2. The SMILES string of the molecule is CCOC(=O)/C=C/C[C@H](Nc1ccc(OC)cc1)c1ccc2ccccc2c1. The van der Waals surface area contributed by atoms with Gasteiger partial charge >= 0.3 is 5.97 Å². The lowest BCUT2D eigenvalue weighted by Crippen LogP contribution is -2.10. The van der Waals surface area contributed by atoms with E-state index in [1.807, 2.05) is 42.5 Å². The van der Waals surface area contributed by atoms with E-state index in [1.54, 1.807) is 14.0 Å². The summed E-state index contributed by atoms with van der Waals surface area (Å²) in [5, 5.41) is 5.95. The molecule has 0 unspecified atom stereocenters. The second kappa shape index (κ2) is 9.60. The number of hydrogen-bond donors (Lipinski definition) is 1. The number of fused-ring (bicyclic) bond motifs is 1. The van der Waals surface area contributed by atoms with Gasteiger partial charge in [-0.15, -0.1) is 0 Å². The number of nitrogens with one attached hydrogen (secondary N) is 1. The van der Waals surface area contributed by atoms with Crippen molar-refractivity contribution < 1.29 is 14.3 Å². The van der Waals surface area contributed by atoms with Crippen molar-refractivity contribution in [1.82, 2.24) is 0 Å². The first-order valence-corrected chi connectivity index (χ1v) is 9.42. The van der Waals surface area contributed by atoms with E-state index in [-0.39, 0.29) is 12.0 Å². The molecule has 0 heterocycles. The molecule has 28 heavy (non-hydrogen) atoms. The third kappa shape index (κ3) is 5.13. The molecule has 3 aromatic rings. The third-order valence-electron chi connectivity index (χ3n) is 4.52. The lowest BCUT2D eigenvalue weighted by molar-refractivity contribution is -0.137. The highest BCUT2D eigenvalue weighted by atomic mass is 16.5. The zero-order chi connectivity index (χ0) is 19.8. The van der Waals surface area contributed by atoms with Gasteiger partial charge in [-0.05, 0) is 60.0 Å². The Kier molecular flexibility index (Phi) is 6.68. The van der Waals surface area contributed by atoms with Crippen LogP contribution in [-0.4, -0.2) is 19.7 Å². The van der Waals surface area contributed by atoms with Crippen LogP contribution in [0.15, 0.2) is 78.9 Å². The van der Waals surface area contributed by atoms with Crippen molar-refractivity contribution in [3.63, 3.8) is 0 Å². The van der Waals surface area contributed by atoms with Crippen LogP contribution in [0.4, 0.5) is 5.69 Å². The normalized spacial score (nSPS) is 12.1. The Balaban J connectivity index is 1.84. The highest BCUT2D eigenvalue weighted by molar-refractivity contribution is 5.83. The molecule has 0 saturated heterocycles. The molecule has 0 spiro atoms. The molecule has 0 aromatic heterocycles. The molecule has 4 nitrogen and oxygen atoms in total. The quantitative estimate of drug-likeness (QED) is 0.416. The minimum absolute atomic E-state index is 0.0173. The summed E-state index contributed by atoms with van der Waals surface area (Å²) in [6, 6.07) is 22.6. The van der Waals surface area contributed by atoms with Crippen LogP contribution in [0.3, 0.4) is 0 Å². The summed E-state index contributed by atoms with van der Waals surface area (Å²) < 4.78 is 10.2. The topological polar surface area (TPSA) is 47.6 Å². The van der Waals surface area contributed by atoms with E-state index in [1.165, 1.54) is 16.8 Å². The standard InChI is InChI=1S/C24H25NO3/c1-3-28-24(26)10-6-9-23(25-21-13-15-22(27-2)16-14-21)20-12-11-18-7-4-5-8-19(18)17-20/h4-8,10-17,23,25H,3,9H2,1-2H3/b10-6+/t23-/m0/s1. The number of methoxy groups -OCH3 is 1. The Morgan fingerprint density at radius 1 is 1.04 bits per heavy atom. The van der Waals surface area contributed by atoms with Gasteiger partial charge in [0.1, 0.15) is 5.75 Å². The summed E-state index contributed by atoms with van der Waals surface area (Å²) in [5.41, 5.74) is 2.14. The Bertz CT molecular complexity index is 947. The molecule has 1 atom stereocenters. The first-order chi connectivity index (χ1) is 13.7. The van der Waals surface area contributed by atoms with E-state index in [0.29, 0.717) is 13.0 Å². The Morgan fingerprint density at radius 3 is 2.50 bits per heavy atom. The highest BCUT2D eigenvalue weighted by Gasteiger charge is 2.11. The predicted molar refractivity (Wildman–Crippen MR) is 114 cm³/mol. The summed E-state index contributed by atoms with van der Waals surface area (Å²) in [5.74, 6) is 0.499. The molecule has 0 radical (unpaired) electrons. The van der Waals surface area contributed by atoms with E-state index in [0.717, 1.165) is 17.0 Å². The molecule has 4 heteroatoms. The predicted octanol–water partition coefficient (Wildman–Crippen LogP) is 5.51. The van der Waals surface area contributed by atoms with E-state index >= 15 is 0 Å². The molecule has 0 aliphatic rings. The van der Waals surface area contributed by atoms with Crippen molar-refractivity contribution in [1.29, 1.82) is 0 Å². The number of esters is 1. The Morgan fingerprint density at radius 2 is 1.79 bits per heavy atom. The molecular formula is C24H25NO3. The summed E-state index contributed by atoms with van der Waals surface area (Å²) in [6.45, 7) is 2.18. The Labute approximate surface area is 165 Å². The lowest BCUT2D eigenvalue weighted by Gasteiger charge is -2.20. The first-order valence-electron chi connectivity index (χ1n) is 9.42. The largest absolute Gasteiger partial charge is 0.497 e. The van der Waals surface area contributed by atoms with Crippen molar-refractivity contribution in [2.75, 3.05) is 19.0 Å². The van der Waals surface area contributed by atoms with Gasteiger partial charge in [0, 0.05) is 11.8 Å². The molecule has 0 amide bonds. The molecule has 0 saturated carbocycles. The number of benzene rings is 3. The van der Waals surface area contributed by atoms with E-state index < -0.39 is 0 Å². The monoisotopic (exact) mass is 375 g/mol. The number of rotatable bonds is 8. The van der Waals surface area contributed by atoms with Gasteiger partial charge in [-0.3, -0.25) is 0 Å². The van der Waals surface area contributed by atoms with Crippen LogP contribution in [0.2, 0.25) is 0 Å². The zero-order valence-corrected chi connectivity index (χ0v) is 16.2. The van der Waals surface area contributed by atoms with Crippen LogP contribution in [0.25, 0.3) is 10.8 Å². The summed E-state index contributed by atoms with van der Waals surface area (Å²) in [6.07, 6.45) is 4.00. The van der Waals surface area contributed by atoms with Crippen molar-refractivity contribution in [2.45, 2.75) is 19.4 Å². The van der Waals surface area contributed by atoms with Gasteiger partial charge < -0.3 is 14.8 Å². The van der Waals surface area contributed by atoms with Crippen LogP contribution in [-0.2, 0) is 9.53 Å². The number of carbonyl (C=O) groups excluding carboxylic acids is 1. The fourth-order valence-corrected chi connectivity index (χ4v) is 3.08. The maximum Gasteiger partial charge on any atom is 0.330 e. The van der Waals surface area contributed by atoms with Crippen molar-refractivity contribution in [2.24, 2.45) is 0 Å². The second-order valence-corrected chi connectivity index (χ2v) is 6.42. The summed E-state index contributed by atoms with van der Waals surface area (Å²) >= 11 is 0. The average molecular weight is 375 g/mol. The average Bonchev–Trinajstić information content (AvgIpc) is 2.73. The summed E-state index contributed by atoms with van der Waals surface area (Å²) in [4.78, 5) is 11.6. The fourth-order valence-electron chi connectivity index (χ4n) is 3.08. The van der Waals surface area contributed by atoms with Crippen molar-refractivity contribution in [3.05, 3.63) is 84.4 Å². The molecular weight excluding hydrogens is 350 g/mol. The van der Waals surface area contributed by atoms with Gasteiger partial charge in [-0.2, -0.15) is 0 Å². The first kappa shape index (κ1) is 19.5. The van der Waals surface area contributed by atoms with E-state index in [4.69, 9.17) is 9.47 Å². The van der Waals surface area contributed by atoms with Crippen LogP contribution in [0, 0.1) is 0 Å². The van der Waals surface area contributed by atoms with Crippen molar-refractivity contribution in [3.8, 4) is 5.75 Å². The maximum atomic E-state index is 11.6. The molecule has 3 rings (SSSR count). The van der Waals surface area contributed by atoms with Gasteiger partial charge in [-0.25, -0.2) is 4.79 Å². The minimum Gasteiger partial charge on any atom is -0.497 e. The van der Waals surface area contributed by atoms with Gasteiger partial charge in [0.25, 0.3) is 0 Å². The molecule has 0 aliphatic carbocycles. The van der Waals surface area contributed by atoms with Gasteiger partial charge in [-0.1, -0.05) is 42.5 Å². The number of carbonyl (C=O) groups is 1. The third-order valence-corrected chi connectivity index (χ3v) is 4.52. The van der Waals surface area contributed by atoms with Crippen molar-refractivity contribution >= 4 is 22.4 Å². The zero-order valence-electron chi connectivity index (χ0n) is 16.2. The number of anilines is 1. The lowest BCUT2D eigenvalue weighted by atomic mass is 9.99. The second-order valence-electron chi connectivity index (χ2n) is 6.42. The highest BCUT2D eigenvalue weighted by Crippen LogP contribution is 2.27. The Hall–Kier alpha value is -3.27. The molecule has 1 N–H and O–H groups in total. The fraction of sp³-hybridized carbons (Fsp3) is 0.208. The molecule has 0 aliphatic heterocycles. The smallest absolute Gasteiger partial charge is 0.330 e. The molecule has 0 fully saturated rings. The van der Waals surface area contributed by atoms with E-state index in [2.05, 4.69) is 35.6 Å². The van der Waals surface area contributed by atoms with Crippen LogP contribution in [0.1, 0.15) is 24.9 Å². The summed E-state index contributed by atoms with van der Waals surface area (Å²) in [7, 11) is 1.65. The number of hydrogen-bond acceptors (Lipinski definition) is 4. The van der Waals surface area contributed by atoms with Gasteiger partial charge in [0.15, 0.2) is 0 Å². The van der Waals surface area contributed by atoms with E-state index in [9.17, 15) is 4.79 Å². The van der Waals surface area contributed by atoms with Gasteiger partial charge in [0.05, 0.1) is 19.8 Å². The van der Waals surface area contributed by atoms with Crippen LogP contribution >= 0.6 is 0 Å². The maximum absolute atomic E-state index is 11.6. The van der Waals surface area contributed by atoms with Crippen LogP contribution < -0.4 is 10.1 Å². The molecule has 0 bridgehead atoms.